The molecule has 0 aliphatic carbocycles. The third-order valence-electron chi connectivity index (χ3n) is 4.55. The molecule has 0 radical (unpaired) electrons. The van der Waals surface area contributed by atoms with Crippen molar-refractivity contribution in [2.45, 2.75) is 17.0 Å². The normalized spacial score (nSPS) is 13.1. The molecule has 0 aromatic heterocycles. The number of carboxylic acids is 1. The predicted octanol–water partition coefficient (Wildman–Crippen LogP) is 1.81. The fourth-order valence-electron chi connectivity index (χ4n) is 2.89. The summed E-state index contributed by atoms with van der Waals surface area (Å²) in [6.45, 7) is -0.457. The van der Waals surface area contributed by atoms with Crippen LogP contribution in [0, 0.1) is 0 Å². The smallest absolute Gasteiger partial charge is 0.323 e. The minimum Gasteiger partial charge on any atom is -0.480 e. The van der Waals surface area contributed by atoms with Crippen LogP contribution in [-0.2, 0) is 19.6 Å². The average molecular weight is 464 g/mol. The molecular weight excluding hydrogens is 442 g/mol. The van der Waals surface area contributed by atoms with E-state index < -0.39 is 40.5 Å². The highest BCUT2D eigenvalue weighted by molar-refractivity contribution is 7.89. The van der Waals surface area contributed by atoms with Crippen molar-refractivity contribution in [3.63, 3.8) is 0 Å². The van der Waals surface area contributed by atoms with Gasteiger partial charge in [0.05, 0.1) is 4.90 Å². The topological polar surface area (TPSA) is 139 Å². The first-order valence-electron chi connectivity index (χ1n) is 9.10. The number of hydrogen-bond acceptors (Lipinski definition) is 5. The molecule has 8 nitrogen and oxygen atoms in total. The van der Waals surface area contributed by atoms with Crippen molar-refractivity contribution in [3.05, 3.63) is 78.4 Å². The number of benzene rings is 3. The van der Waals surface area contributed by atoms with Gasteiger partial charge in [-0.05, 0) is 28.5 Å². The summed E-state index contributed by atoms with van der Waals surface area (Å²) in [6, 6.07) is 17.7. The Hall–Kier alpha value is -2.98. The zero-order chi connectivity index (χ0) is 21.7. The minimum absolute atomic E-state index is 0. The number of aliphatic carboxylic acids is 1. The zero-order valence-electron chi connectivity index (χ0n) is 16.3. The van der Waals surface area contributed by atoms with Crippen molar-refractivity contribution in [1.29, 1.82) is 0 Å². The second-order valence-electron chi connectivity index (χ2n) is 6.65. The van der Waals surface area contributed by atoms with Crippen molar-refractivity contribution in [2.75, 3.05) is 6.54 Å². The molecule has 31 heavy (non-hydrogen) atoms. The van der Waals surface area contributed by atoms with Crippen LogP contribution < -0.4 is 15.8 Å². The molecule has 5 N–H and O–H groups in total. The lowest BCUT2D eigenvalue weighted by atomic mass is 10.1. The minimum atomic E-state index is -4.13. The second kappa shape index (κ2) is 10.4. The number of fused-ring (bicyclic) bond motifs is 1. The van der Waals surface area contributed by atoms with Crippen LogP contribution in [0.4, 0.5) is 0 Å². The molecule has 3 aromatic carbocycles. The molecule has 0 heterocycles. The third kappa shape index (κ3) is 6.02. The average Bonchev–Trinajstić information content (AvgIpc) is 2.75. The van der Waals surface area contributed by atoms with Crippen LogP contribution in [0.2, 0.25) is 0 Å². The van der Waals surface area contributed by atoms with Gasteiger partial charge in [0.1, 0.15) is 12.1 Å². The number of nitrogens with one attached hydrogen (secondary N) is 2. The number of carboxylic acid groups (broad SMARTS) is 1. The van der Waals surface area contributed by atoms with E-state index in [4.69, 9.17) is 5.73 Å². The molecule has 0 spiro atoms. The molecule has 2 atom stereocenters. The molecule has 0 saturated carbocycles. The first-order valence-corrected chi connectivity index (χ1v) is 10.6. The Labute approximate surface area is 185 Å². The van der Waals surface area contributed by atoms with Gasteiger partial charge in [0.15, 0.2) is 0 Å². The summed E-state index contributed by atoms with van der Waals surface area (Å²) >= 11 is 0. The number of amides is 1. The van der Waals surface area contributed by atoms with E-state index in [0.717, 1.165) is 5.39 Å². The Kier molecular flexibility index (Phi) is 8.12. The van der Waals surface area contributed by atoms with Gasteiger partial charge in [-0.3, -0.25) is 9.59 Å². The summed E-state index contributed by atoms with van der Waals surface area (Å²) < 4.78 is 27.5. The Balaban J connectivity index is 0.00000341. The van der Waals surface area contributed by atoms with Gasteiger partial charge in [0.25, 0.3) is 0 Å². The fourth-order valence-corrected chi connectivity index (χ4v) is 4.12. The standard InChI is InChI=1S/C21H21N3O5S.ClH/c22-19(15-7-2-1-3-8-15)20(25)23-13-18(21(26)27)24-30(28,29)17-11-10-14-6-4-5-9-16(14)12-17;/h1-12,18-19,24H,13,22H2,(H,23,25)(H,26,27);1H. The van der Waals surface area contributed by atoms with Gasteiger partial charge in [-0.25, -0.2) is 8.42 Å². The van der Waals surface area contributed by atoms with E-state index in [1.165, 1.54) is 12.1 Å². The molecule has 164 valence electrons. The third-order valence-corrected chi connectivity index (χ3v) is 6.02. The summed E-state index contributed by atoms with van der Waals surface area (Å²) in [5.74, 6) is -2.04. The lowest BCUT2D eigenvalue weighted by molar-refractivity contribution is -0.138. The molecule has 0 saturated heterocycles. The number of halogens is 1. The maximum absolute atomic E-state index is 12.7. The first-order chi connectivity index (χ1) is 14.3. The maximum Gasteiger partial charge on any atom is 0.323 e. The first kappa shape index (κ1) is 24.3. The number of nitrogens with two attached hydrogens (primary N) is 1. The van der Waals surface area contributed by atoms with Crippen LogP contribution in [-0.4, -0.2) is 38.0 Å². The van der Waals surface area contributed by atoms with E-state index in [1.54, 1.807) is 48.5 Å². The summed E-state index contributed by atoms with van der Waals surface area (Å²) in [5.41, 5.74) is 6.43. The second-order valence-corrected chi connectivity index (χ2v) is 8.37. The fraction of sp³-hybridized carbons (Fsp3) is 0.143. The van der Waals surface area contributed by atoms with Crippen LogP contribution in [0.5, 0.6) is 0 Å². The molecule has 0 fully saturated rings. The van der Waals surface area contributed by atoms with Crippen LogP contribution in [0.15, 0.2) is 77.7 Å². The molecule has 0 aliphatic rings. The SMILES string of the molecule is Cl.NC(C(=O)NCC(NS(=O)(=O)c1ccc2ccccc2c1)C(=O)O)c1ccccc1. The molecule has 10 heteroatoms. The quantitative estimate of drug-likeness (QED) is 0.402. The zero-order valence-corrected chi connectivity index (χ0v) is 17.9. The van der Waals surface area contributed by atoms with E-state index in [-0.39, 0.29) is 17.3 Å². The number of carbonyl (C=O) groups excluding carboxylic acids is 1. The number of rotatable bonds is 8. The van der Waals surface area contributed by atoms with E-state index in [1.807, 2.05) is 12.1 Å². The van der Waals surface area contributed by atoms with Crippen LogP contribution in [0.1, 0.15) is 11.6 Å². The number of sulfonamides is 1. The van der Waals surface area contributed by atoms with Gasteiger partial charge in [0.2, 0.25) is 15.9 Å². The van der Waals surface area contributed by atoms with Crippen molar-refractivity contribution in [1.82, 2.24) is 10.0 Å². The summed E-state index contributed by atoms with van der Waals surface area (Å²) in [7, 11) is -4.13. The van der Waals surface area contributed by atoms with Gasteiger partial charge in [-0.2, -0.15) is 4.72 Å². The summed E-state index contributed by atoms with van der Waals surface area (Å²) in [5, 5.41) is 13.4. The molecule has 3 rings (SSSR count). The molecule has 3 aromatic rings. The number of carbonyl (C=O) groups is 2. The molecule has 0 aliphatic heterocycles. The highest BCUT2D eigenvalue weighted by Gasteiger charge is 2.27. The molecular formula is C21H22ClN3O5S. The highest BCUT2D eigenvalue weighted by Crippen LogP contribution is 2.19. The van der Waals surface area contributed by atoms with Gasteiger partial charge in [-0.1, -0.05) is 60.7 Å². The van der Waals surface area contributed by atoms with E-state index in [2.05, 4.69) is 10.0 Å². The highest BCUT2D eigenvalue weighted by atomic mass is 35.5. The van der Waals surface area contributed by atoms with E-state index in [9.17, 15) is 23.1 Å². The van der Waals surface area contributed by atoms with Crippen molar-refractivity contribution in [2.24, 2.45) is 5.73 Å². The Bertz CT molecular complexity index is 1170. The lowest BCUT2D eigenvalue weighted by Gasteiger charge is -2.18. The summed E-state index contributed by atoms with van der Waals surface area (Å²) in [4.78, 5) is 23.7. The number of hydrogen-bond donors (Lipinski definition) is 4. The van der Waals surface area contributed by atoms with Crippen LogP contribution >= 0.6 is 12.4 Å². The van der Waals surface area contributed by atoms with Crippen molar-refractivity contribution < 1.29 is 23.1 Å². The predicted molar refractivity (Wildman–Crippen MR) is 119 cm³/mol. The Morgan fingerprint density at radius 3 is 2.19 bits per heavy atom. The van der Waals surface area contributed by atoms with Crippen molar-refractivity contribution >= 4 is 45.1 Å². The largest absolute Gasteiger partial charge is 0.480 e. The van der Waals surface area contributed by atoms with E-state index in [0.29, 0.717) is 10.9 Å². The summed E-state index contributed by atoms with van der Waals surface area (Å²) in [6.07, 6.45) is 0. The lowest BCUT2D eigenvalue weighted by Crippen LogP contribution is -2.49. The molecule has 0 bridgehead atoms. The van der Waals surface area contributed by atoms with E-state index >= 15 is 0 Å². The Morgan fingerprint density at radius 1 is 0.935 bits per heavy atom. The maximum atomic E-state index is 12.7. The Morgan fingerprint density at radius 2 is 1.55 bits per heavy atom. The van der Waals surface area contributed by atoms with Gasteiger partial charge in [0, 0.05) is 6.54 Å². The van der Waals surface area contributed by atoms with Crippen LogP contribution in [0.3, 0.4) is 0 Å². The van der Waals surface area contributed by atoms with Gasteiger partial charge < -0.3 is 16.2 Å². The monoisotopic (exact) mass is 463 g/mol. The molecule has 2 unspecified atom stereocenters. The van der Waals surface area contributed by atoms with Gasteiger partial charge in [-0.15, -0.1) is 12.4 Å². The van der Waals surface area contributed by atoms with Gasteiger partial charge >= 0.3 is 5.97 Å². The van der Waals surface area contributed by atoms with Crippen molar-refractivity contribution in [3.8, 4) is 0 Å². The molecule has 1 amide bonds. The van der Waals surface area contributed by atoms with Crippen LogP contribution in [0.25, 0.3) is 10.8 Å².